The van der Waals surface area contributed by atoms with Gasteiger partial charge in [-0.05, 0) is 45.0 Å². The highest BCUT2D eigenvalue weighted by atomic mass is 16.5. The predicted octanol–water partition coefficient (Wildman–Crippen LogP) is 3.11. The first-order valence-corrected chi connectivity index (χ1v) is 9.82. The maximum atomic E-state index is 13.0. The summed E-state index contributed by atoms with van der Waals surface area (Å²) >= 11 is 0. The molecule has 0 saturated carbocycles. The average Bonchev–Trinajstić information content (AvgIpc) is 3.20. The lowest BCUT2D eigenvalue weighted by atomic mass is 10.1. The van der Waals surface area contributed by atoms with Crippen LogP contribution in [-0.2, 0) is 4.79 Å². The molecule has 2 aromatic carbocycles. The van der Waals surface area contributed by atoms with Gasteiger partial charge in [0, 0.05) is 18.3 Å². The van der Waals surface area contributed by atoms with Gasteiger partial charge in [0.2, 0.25) is 5.91 Å². The summed E-state index contributed by atoms with van der Waals surface area (Å²) in [5.41, 5.74) is 3.60. The smallest absolute Gasteiger partial charge is 0.255 e. The van der Waals surface area contributed by atoms with Crippen molar-refractivity contribution in [3.8, 4) is 22.7 Å². The van der Waals surface area contributed by atoms with E-state index in [0.717, 1.165) is 16.8 Å². The number of benzene rings is 2. The summed E-state index contributed by atoms with van der Waals surface area (Å²) in [6.07, 6.45) is 1.68. The molecule has 1 aromatic heterocycles. The van der Waals surface area contributed by atoms with Crippen LogP contribution in [0.3, 0.4) is 0 Å². The summed E-state index contributed by atoms with van der Waals surface area (Å²) in [7, 11) is 1.59. The Hall–Kier alpha value is -3.61. The van der Waals surface area contributed by atoms with E-state index < -0.39 is 6.04 Å². The van der Waals surface area contributed by atoms with Gasteiger partial charge in [-0.3, -0.25) is 9.59 Å². The number of ether oxygens (including phenoxy) is 1. The molecule has 0 spiro atoms. The standard InChI is InChI=1S/C23H26N4O3/c1-5-24-22(28)16(3)25-23(29)20-14-27(18-11-9-15(2)10-12-18)26-21(20)17-7-6-8-19(13-17)30-4/h6-14,16H,5H2,1-4H3,(H,24,28)(H,25,29)/t16-/m1/s1. The van der Waals surface area contributed by atoms with Gasteiger partial charge < -0.3 is 15.4 Å². The largest absolute Gasteiger partial charge is 0.497 e. The van der Waals surface area contributed by atoms with Gasteiger partial charge in [-0.15, -0.1) is 0 Å². The lowest BCUT2D eigenvalue weighted by molar-refractivity contribution is -0.122. The number of methoxy groups -OCH3 is 1. The average molecular weight is 406 g/mol. The maximum absolute atomic E-state index is 13.0. The van der Waals surface area contributed by atoms with E-state index >= 15 is 0 Å². The predicted molar refractivity (Wildman–Crippen MR) is 116 cm³/mol. The minimum atomic E-state index is -0.668. The van der Waals surface area contributed by atoms with Crippen LogP contribution in [0.15, 0.2) is 54.7 Å². The Bertz CT molecular complexity index is 1040. The van der Waals surface area contributed by atoms with E-state index in [4.69, 9.17) is 4.74 Å². The van der Waals surface area contributed by atoms with Gasteiger partial charge in [-0.2, -0.15) is 5.10 Å². The molecule has 3 rings (SSSR count). The van der Waals surface area contributed by atoms with Crippen LogP contribution in [0.25, 0.3) is 16.9 Å². The Labute approximate surface area is 176 Å². The van der Waals surface area contributed by atoms with Crippen molar-refractivity contribution in [1.82, 2.24) is 20.4 Å². The molecule has 7 heteroatoms. The summed E-state index contributed by atoms with van der Waals surface area (Å²) in [5, 5.41) is 10.1. The molecule has 0 unspecified atom stereocenters. The third-order valence-electron chi connectivity index (χ3n) is 4.69. The number of hydrogen-bond acceptors (Lipinski definition) is 4. The third kappa shape index (κ3) is 4.68. The SMILES string of the molecule is CCNC(=O)[C@@H](C)NC(=O)c1cn(-c2ccc(C)cc2)nc1-c1cccc(OC)c1. The second-order valence-corrected chi connectivity index (χ2v) is 6.99. The molecule has 0 saturated heterocycles. The second-order valence-electron chi connectivity index (χ2n) is 6.99. The van der Waals surface area contributed by atoms with E-state index in [-0.39, 0.29) is 11.8 Å². The number of carbonyl (C=O) groups is 2. The van der Waals surface area contributed by atoms with Crippen molar-refractivity contribution < 1.29 is 14.3 Å². The fourth-order valence-corrected chi connectivity index (χ4v) is 3.02. The van der Waals surface area contributed by atoms with Crippen LogP contribution >= 0.6 is 0 Å². The quantitative estimate of drug-likeness (QED) is 0.631. The van der Waals surface area contributed by atoms with Crippen LogP contribution in [0.1, 0.15) is 29.8 Å². The number of amides is 2. The van der Waals surface area contributed by atoms with E-state index in [1.165, 1.54) is 0 Å². The summed E-state index contributed by atoms with van der Waals surface area (Å²) in [5.74, 6) is 0.0593. The van der Waals surface area contributed by atoms with E-state index in [9.17, 15) is 9.59 Å². The number of carbonyl (C=O) groups excluding carboxylic acids is 2. The first-order valence-electron chi connectivity index (χ1n) is 9.82. The zero-order chi connectivity index (χ0) is 21.7. The lowest BCUT2D eigenvalue weighted by Crippen LogP contribution is -2.44. The molecule has 0 aliphatic rings. The van der Waals surface area contributed by atoms with Gasteiger partial charge in [0.1, 0.15) is 17.5 Å². The zero-order valence-corrected chi connectivity index (χ0v) is 17.6. The molecular weight excluding hydrogens is 380 g/mol. The fraction of sp³-hybridized carbons (Fsp3) is 0.261. The molecule has 3 aromatic rings. The Morgan fingerprint density at radius 2 is 1.90 bits per heavy atom. The van der Waals surface area contributed by atoms with Crippen LogP contribution in [0.2, 0.25) is 0 Å². The number of aromatic nitrogens is 2. The fourth-order valence-electron chi connectivity index (χ4n) is 3.02. The molecule has 0 aliphatic heterocycles. The highest BCUT2D eigenvalue weighted by molar-refractivity contribution is 6.02. The first-order chi connectivity index (χ1) is 14.4. The maximum Gasteiger partial charge on any atom is 0.255 e. The molecule has 2 amide bonds. The Balaban J connectivity index is 2.01. The number of nitrogens with zero attached hydrogens (tertiary/aromatic N) is 2. The zero-order valence-electron chi connectivity index (χ0n) is 17.6. The van der Waals surface area contributed by atoms with Crippen molar-refractivity contribution in [2.75, 3.05) is 13.7 Å². The molecule has 1 atom stereocenters. The van der Waals surface area contributed by atoms with Crippen LogP contribution in [0.5, 0.6) is 5.75 Å². The molecule has 0 radical (unpaired) electrons. The van der Waals surface area contributed by atoms with Crippen LogP contribution < -0.4 is 15.4 Å². The molecule has 7 nitrogen and oxygen atoms in total. The molecule has 0 bridgehead atoms. The van der Waals surface area contributed by atoms with Crippen molar-refractivity contribution in [2.45, 2.75) is 26.8 Å². The van der Waals surface area contributed by atoms with Gasteiger partial charge in [-0.25, -0.2) is 4.68 Å². The third-order valence-corrected chi connectivity index (χ3v) is 4.69. The van der Waals surface area contributed by atoms with E-state index in [2.05, 4.69) is 15.7 Å². The molecular formula is C23H26N4O3. The van der Waals surface area contributed by atoms with Crippen molar-refractivity contribution in [1.29, 1.82) is 0 Å². The van der Waals surface area contributed by atoms with Gasteiger partial charge in [0.15, 0.2) is 0 Å². The summed E-state index contributed by atoms with van der Waals surface area (Å²) in [4.78, 5) is 25.1. The summed E-state index contributed by atoms with van der Waals surface area (Å²) in [6, 6.07) is 14.6. The van der Waals surface area contributed by atoms with Gasteiger partial charge in [-0.1, -0.05) is 29.8 Å². The summed E-state index contributed by atoms with van der Waals surface area (Å²) in [6.45, 7) is 5.99. The van der Waals surface area contributed by atoms with Crippen LogP contribution in [0, 0.1) is 6.92 Å². The molecule has 156 valence electrons. The minimum absolute atomic E-state index is 0.236. The normalized spacial score (nSPS) is 11.6. The first kappa shape index (κ1) is 21.1. The molecule has 0 fully saturated rings. The number of likely N-dealkylation sites (N-methyl/N-ethyl adjacent to an activating group) is 1. The van der Waals surface area contributed by atoms with Gasteiger partial charge in [0.25, 0.3) is 5.91 Å². The topological polar surface area (TPSA) is 85.3 Å². The number of rotatable bonds is 7. The van der Waals surface area contributed by atoms with Crippen molar-refractivity contribution in [3.05, 3.63) is 65.9 Å². The Morgan fingerprint density at radius 1 is 1.17 bits per heavy atom. The highest BCUT2D eigenvalue weighted by Crippen LogP contribution is 2.27. The number of nitrogens with one attached hydrogen (secondary N) is 2. The molecule has 0 aliphatic carbocycles. The second kappa shape index (κ2) is 9.26. The van der Waals surface area contributed by atoms with Crippen molar-refractivity contribution in [2.24, 2.45) is 0 Å². The van der Waals surface area contributed by atoms with Gasteiger partial charge in [0.05, 0.1) is 18.4 Å². The minimum Gasteiger partial charge on any atom is -0.497 e. The Morgan fingerprint density at radius 3 is 2.57 bits per heavy atom. The van der Waals surface area contributed by atoms with Crippen molar-refractivity contribution >= 4 is 11.8 Å². The monoisotopic (exact) mass is 406 g/mol. The van der Waals surface area contributed by atoms with E-state index in [0.29, 0.717) is 23.6 Å². The van der Waals surface area contributed by atoms with Crippen molar-refractivity contribution in [3.63, 3.8) is 0 Å². The highest BCUT2D eigenvalue weighted by Gasteiger charge is 2.22. The Kier molecular flexibility index (Phi) is 6.51. The van der Waals surface area contributed by atoms with E-state index in [1.54, 1.807) is 24.9 Å². The molecule has 1 heterocycles. The molecule has 2 N–H and O–H groups in total. The number of aryl methyl sites for hydroxylation is 1. The lowest BCUT2D eigenvalue weighted by Gasteiger charge is -2.13. The van der Waals surface area contributed by atoms with Gasteiger partial charge >= 0.3 is 0 Å². The van der Waals surface area contributed by atoms with Crippen LogP contribution in [0.4, 0.5) is 0 Å². The number of hydrogen-bond donors (Lipinski definition) is 2. The molecule has 30 heavy (non-hydrogen) atoms. The summed E-state index contributed by atoms with van der Waals surface area (Å²) < 4.78 is 6.98. The van der Waals surface area contributed by atoms with E-state index in [1.807, 2.05) is 62.4 Å². The van der Waals surface area contributed by atoms with Crippen LogP contribution in [-0.4, -0.2) is 41.3 Å².